The van der Waals surface area contributed by atoms with Crippen molar-refractivity contribution in [1.29, 1.82) is 0 Å². The van der Waals surface area contributed by atoms with Gasteiger partial charge >= 0.3 is 0 Å². The van der Waals surface area contributed by atoms with Crippen LogP contribution in [0.15, 0.2) is 102 Å². The summed E-state index contributed by atoms with van der Waals surface area (Å²) in [5.74, 6) is -0.899. The summed E-state index contributed by atoms with van der Waals surface area (Å²) in [6.07, 6.45) is 3.98. The van der Waals surface area contributed by atoms with Crippen LogP contribution >= 0.6 is 34.8 Å². The Hall–Kier alpha value is -3.56. The number of anilines is 1. The lowest BCUT2D eigenvalue weighted by Crippen LogP contribution is -2.54. The van der Waals surface area contributed by atoms with Gasteiger partial charge in [-0.15, -0.1) is 0 Å². The summed E-state index contributed by atoms with van der Waals surface area (Å²) in [4.78, 5) is 30.2. The molecule has 1 aliphatic carbocycles. The number of nitrogens with one attached hydrogen (secondary N) is 1. The Kier molecular flexibility index (Phi) is 11.5. The zero-order valence-electron chi connectivity index (χ0n) is 25.9. The predicted molar refractivity (Wildman–Crippen MR) is 189 cm³/mol. The molecule has 0 aromatic heterocycles. The van der Waals surface area contributed by atoms with Gasteiger partial charge in [0.05, 0.1) is 20.6 Å². The fourth-order valence-corrected chi connectivity index (χ4v) is 7.88. The van der Waals surface area contributed by atoms with Crippen molar-refractivity contribution in [3.63, 3.8) is 0 Å². The molecule has 7 nitrogen and oxygen atoms in total. The molecule has 0 aliphatic heterocycles. The SMILES string of the molecule is Cc1ccc(S(=O)(=O)N(CC(=O)N(Cc2cccc(Cl)c2)[C@H](Cc2ccccc2)C(=O)NC2CCCC2)c2cccc(Cl)c2Cl)cc1. The molecular weight excluding hydrogens is 677 g/mol. The minimum absolute atomic E-state index is 0.00701. The van der Waals surface area contributed by atoms with Crippen LogP contribution in [0.2, 0.25) is 15.1 Å². The van der Waals surface area contributed by atoms with Gasteiger partial charge in [-0.05, 0) is 67.3 Å². The number of rotatable bonds is 12. The molecule has 0 radical (unpaired) electrons. The van der Waals surface area contributed by atoms with Crippen LogP contribution in [0, 0.1) is 6.92 Å². The van der Waals surface area contributed by atoms with Crippen molar-refractivity contribution >= 4 is 62.3 Å². The Morgan fingerprint density at radius 1 is 0.851 bits per heavy atom. The van der Waals surface area contributed by atoms with E-state index >= 15 is 0 Å². The summed E-state index contributed by atoms with van der Waals surface area (Å²) >= 11 is 19.3. The van der Waals surface area contributed by atoms with Gasteiger partial charge in [-0.1, -0.05) is 114 Å². The van der Waals surface area contributed by atoms with Crippen LogP contribution in [0.5, 0.6) is 0 Å². The third kappa shape index (κ3) is 8.68. The highest BCUT2D eigenvalue weighted by molar-refractivity contribution is 7.92. The molecule has 0 spiro atoms. The Bertz CT molecular complexity index is 1820. The van der Waals surface area contributed by atoms with Crippen molar-refractivity contribution < 1.29 is 18.0 Å². The molecule has 1 atom stereocenters. The number of hydrogen-bond donors (Lipinski definition) is 1. The minimum Gasteiger partial charge on any atom is -0.352 e. The topological polar surface area (TPSA) is 86.8 Å². The molecule has 1 saturated carbocycles. The second-order valence-electron chi connectivity index (χ2n) is 11.7. The predicted octanol–water partition coefficient (Wildman–Crippen LogP) is 7.85. The number of amides is 2. The number of aryl methyl sites for hydroxylation is 1. The van der Waals surface area contributed by atoms with E-state index in [1.54, 1.807) is 42.5 Å². The Labute approximate surface area is 291 Å². The largest absolute Gasteiger partial charge is 0.352 e. The van der Waals surface area contributed by atoms with E-state index in [0.717, 1.165) is 41.1 Å². The summed E-state index contributed by atoms with van der Waals surface area (Å²) in [7, 11) is -4.32. The number of hydrogen-bond acceptors (Lipinski definition) is 4. The maximum absolute atomic E-state index is 14.6. The first-order valence-electron chi connectivity index (χ1n) is 15.4. The van der Waals surface area contributed by atoms with Crippen molar-refractivity contribution in [2.75, 3.05) is 10.8 Å². The maximum atomic E-state index is 14.6. The second kappa shape index (κ2) is 15.6. The fourth-order valence-electron chi connectivity index (χ4n) is 5.79. The zero-order chi connectivity index (χ0) is 33.6. The average Bonchev–Trinajstić information content (AvgIpc) is 3.56. The van der Waals surface area contributed by atoms with E-state index in [9.17, 15) is 18.0 Å². The quantitative estimate of drug-likeness (QED) is 0.162. The monoisotopic (exact) mass is 711 g/mol. The number of sulfonamides is 1. The summed E-state index contributed by atoms with van der Waals surface area (Å²) in [5, 5.41) is 3.76. The van der Waals surface area contributed by atoms with Crippen LogP contribution in [-0.2, 0) is 32.6 Å². The molecular formula is C36H36Cl3N3O4S. The van der Waals surface area contributed by atoms with Crippen molar-refractivity contribution in [2.24, 2.45) is 0 Å². The Morgan fingerprint density at radius 2 is 1.51 bits per heavy atom. The molecule has 4 aromatic carbocycles. The Balaban J connectivity index is 1.59. The van der Waals surface area contributed by atoms with Gasteiger partial charge in [0.15, 0.2) is 0 Å². The molecule has 5 rings (SSSR count). The molecule has 0 heterocycles. The van der Waals surface area contributed by atoms with E-state index in [4.69, 9.17) is 34.8 Å². The highest BCUT2D eigenvalue weighted by Crippen LogP contribution is 2.36. The minimum atomic E-state index is -4.32. The van der Waals surface area contributed by atoms with Gasteiger partial charge in [0.25, 0.3) is 10.0 Å². The Morgan fingerprint density at radius 3 is 2.19 bits per heavy atom. The molecule has 2 amide bonds. The van der Waals surface area contributed by atoms with Gasteiger partial charge in [-0.25, -0.2) is 8.42 Å². The molecule has 4 aromatic rings. The summed E-state index contributed by atoms with van der Waals surface area (Å²) in [6, 6.07) is 26.5. The van der Waals surface area contributed by atoms with Gasteiger partial charge in [0.2, 0.25) is 11.8 Å². The molecule has 246 valence electrons. The first kappa shape index (κ1) is 34.8. The van der Waals surface area contributed by atoms with Crippen LogP contribution in [0.25, 0.3) is 0 Å². The van der Waals surface area contributed by atoms with Crippen molar-refractivity contribution in [3.05, 3.63) is 129 Å². The zero-order valence-corrected chi connectivity index (χ0v) is 29.0. The molecule has 0 saturated heterocycles. The second-order valence-corrected chi connectivity index (χ2v) is 14.8. The molecule has 1 fully saturated rings. The lowest BCUT2D eigenvalue weighted by atomic mass is 10.0. The maximum Gasteiger partial charge on any atom is 0.264 e. The van der Waals surface area contributed by atoms with Gasteiger partial charge in [-0.3, -0.25) is 13.9 Å². The van der Waals surface area contributed by atoms with Gasteiger partial charge in [0.1, 0.15) is 12.6 Å². The standard InChI is InChI=1S/C36H36Cl3N3O4S/c1-25-17-19-30(20-18-25)47(45,46)42(32-16-8-15-31(38)35(32)39)24-34(43)41(23-27-11-7-12-28(37)21-27)33(22-26-9-3-2-4-10-26)36(44)40-29-13-5-6-14-29/h2-4,7-12,15-21,29,33H,5-6,13-14,22-24H2,1H3,(H,40,44)/t33-/m1/s1. The first-order chi connectivity index (χ1) is 22.5. The molecule has 11 heteroatoms. The van der Waals surface area contributed by atoms with Crippen molar-refractivity contribution in [3.8, 4) is 0 Å². The molecule has 1 aliphatic rings. The molecule has 1 N–H and O–H groups in total. The molecule has 47 heavy (non-hydrogen) atoms. The number of carbonyl (C=O) groups is 2. The van der Waals surface area contributed by atoms with Crippen molar-refractivity contribution in [2.45, 2.75) is 62.6 Å². The summed E-state index contributed by atoms with van der Waals surface area (Å²) in [5.41, 5.74) is 2.46. The average molecular weight is 713 g/mol. The van der Waals surface area contributed by atoms with E-state index in [0.29, 0.717) is 10.6 Å². The van der Waals surface area contributed by atoms with E-state index in [1.807, 2.05) is 43.3 Å². The smallest absolute Gasteiger partial charge is 0.264 e. The third-order valence-corrected chi connectivity index (χ3v) is 11.1. The van der Waals surface area contributed by atoms with E-state index < -0.39 is 28.5 Å². The number of carbonyl (C=O) groups excluding carboxylic acids is 2. The fraction of sp³-hybridized carbons (Fsp3) is 0.278. The van der Waals surface area contributed by atoms with E-state index in [2.05, 4.69) is 5.32 Å². The highest BCUT2D eigenvalue weighted by Gasteiger charge is 2.36. The van der Waals surface area contributed by atoms with Crippen LogP contribution in [0.4, 0.5) is 5.69 Å². The number of benzene rings is 4. The van der Waals surface area contributed by atoms with Gasteiger partial charge in [0, 0.05) is 24.0 Å². The lowest BCUT2D eigenvalue weighted by Gasteiger charge is -2.34. The van der Waals surface area contributed by atoms with Crippen LogP contribution < -0.4 is 9.62 Å². The summed E-state index contributed by atoms with van der Waals surface area (Å²) in [6.45, 7) is 1.22. The normalized spacial score (nSPS) is 14.0. The van der Waals surface area contributed by atoms with Gasteiger partial charge in [-0.2, -0.15) is 0 Å². The van der Waals surface area contributed by atoms with E-state index in [-0.39, 0.29) is 45.5 Å². The lowest BCUT2D eigenvalue weighted by molar-refractivity contribution is -0.140. The third-order valence-electron chi connectivity index (χ3n) is 8.30. The van der Waals surface area contributed by atoms with E-state index in [1.165, 1.54) is 23.1 Å². The number of nitrogens with zero attached hydrogens (tertiary/aromatic N) is 2. The first-order valence-corrected chi connectivity index (χ1v) is 18.0. The number of halogens is 3. The van der Waals surface area contributed by atoms with Gasteiger partial charge < -0.3 is 10.2 Å². The molecule has 0 unspecified atom stereocenters. The molecule has 0 bridgehead atoms. The van der Waals surface area contributed by atoms with Crippen LogP contribution in [0.1, 0.15) is 42.4 Å². The van der Waals surface area contributed by atoms with Crippen molar-refractivity contribution in [1.82, 2.24) is 10.2 Å². The summed E-state index contributed by atoms with van der Waals surface area (Å²) < 4.78 is 29.5. The van der Waals surface area contributed by atoms with Crippen LogP contribution in [0.3, 0.4) is 0 Å². The van der Waals surface area contributed by atoms with Crippen LogP contribution in [-0.4, -0.2) is 43.8 Å². The highest BCUT2D eigenvalue weighted by atomic mass is 35.5.